The summed E-state index contributed by atoms with van der Waals surface area (Å²) in [6, 6.07) is 13.8. The van der Waals surface area contributed by atoms with Crippen molar-refractivity contribution in [2.75, 3.05) is 37.6 Å². The summed E-state index contributed by atoms with van der Waals surface area (Å²) in [7, 11) is 0. The Kier molecular flexibility index (Phi) is 6.67. The number of nitro groups is 1. The van der Waals surface area contributed by atoms with E-state index in [-0.39, 0.29) is 11.4 Å². The molecule has 0 unspecified atom stereocenters. The Morgan fingerprint density at radius 1 is 1.17 bits per heavy atom. The van der Waals surface area contributed by atoms with Gasteiger partial charge in [0.15, 0.2) is 5.96 Å². The summed E-state index contributed by atoms with van der Waals surface area (Å²) < 4.78 is 0. The highest BCUT2D eigenvalue weighted by Crippen LogP contribution is 2.27. The molecule has 0 aliphatic carbocycles. The minimum atomic E-state index is -0.409. The van der Waals surface area contributed by atoms with E-state index < -0.39 is 4.92 Å². The highest BCUT2D eigenvalue weighted by Gasteiger charge is 2.21. The van der Waals surface area contributed by atoms with Crippen molar-refractivity contribution < 1.29 is 10.0 Å². The normalized spacial score (nSPS) is 14.6. The van der Waals surface area contributed by atoms with Crippen molar-refractivity contribution in [2.45, 2.75) is 6.54 Å². The first-order valence-corrected chi connectivity index (χ1v) is 9.49. The summed E-state index contributed by atoms with van der Waals surface area (Å²) in [5.41, 5.74) is 1.82. The number of phenols is 1. The van der Waals surface area contributed by atoms with Crippen LogP contribution in [0.3, 0.4) is 0 Å². The molecular formula is C21H25N5O3. The summed E-state index contributed by atoms with van der Waals surface area (Å²) in [6.07, 6.45) is 1.78. The third-order valence-corrected chi connectivity index (χ3v) is 4.76. The molecule has 8 heteroatoms. The van der Waals surface area contributed by atoms with Gasteiger partial charge in [0.2, 0.25) is 0 Å². The van der Waals surface area contributed by atoms with Gasteiger partial charge in [-0.05, 0) is 17.7 Å². The number of nitrogens with zero attached hydrogens (tertiary/aromatic N) is 4. The van der Waals surface area contributed by atoms with Gasteiger partial charge in [-0.15, -0.1) is 6.58 Å². The SMILES string of the molecule is C=CCNC(=NCc1ccc([N+](=O)[O-])cc1)N1CCN(c2ccccc2O)CC1. The van der Waals surface area contributed by atoms with Crippen molar-refractivity contribution in [3.8, 4) is 5.75 Å². The Morgan fingerprint density at radius 3 is 2.48 bits per heavy atom. The van der Waals surface area contributed by atoms with Gasteiger partial charge in [0.25, 0.3) is 5.69 Å². The zero-order chi connectivity index (χ0) is 20.6. The molecule has 0 radical (unpaired) electrons. The maximum absolute atomic E-state index is 10.8. The lowest BCUT2D eigenvalue weighted by Crippen LogP contribution is -2.52. The maximum Gasteiger partial charge on any atom is 0.269 e. The Labute approximate surface area is 169 Å². The van der Waals surface area contributed by atoms with Crippen LogP contribution < -0.4 is 10.2 Å². The van der Waals surface area contributed by atoms with Crippen molar-refractivity contribution in [1.29, 1.82) is 0 Å². The standard InChI is InChI=1S/C21H25N5O3/c1-2-11-22-21(23-16-17-7-9-18(10-8-17)26(28)29)25-14-12-24(13-15-25)19-5-3-4-6-20(19)27/h2-10,27H,1,11-16H2,(H,22,23). The second-order valence-corrected chi connectivity index (χ2v) is 6.70. The first-order chi connectivity index (χ1) is 14.1. The van der Waals surface area contributed by atoms with E-state index in [0.717, 1.165) is 43.4 Å². The van der Waals surface area contributed by atoms with Crippen LogP contribution in [0.5, 0.6) is 5.75 Å². The monoisotopic (exact) mass is 395 g/mol. The predicted octanol–water partition coefficient (Wildman–Crippen LogP) is 2.75. The lowest BCUT2D eigenvalue weighted by Gasteiger charge is -2.37. The van der Waals surface area contributed by atoms with E-state index in [9.17, 15) is 15.2 Å². The van der Waals surface area contributed by atoms with Crippen molar-refractivity contribution in [1.82, 2.24) is 10.2 Å². The first-order valence-electron chi connectivity index (χ1n) is 9.49. The Morgan fingerprint density at radius 2 is 1.86 bits per heavy atom. The largest absolute Gasteiger partial charge is 0.506 e. The van der Waals surface area contributed by atoms with E-state index in [1.807, 2.05) is 18.2 Å². The zero-order valence-corrected chi connectivity index (χ0v) is 16.2. The molecular weight excluding hydrogens is 370 g/mol. The van der Waals surface area contributed by atoms with Crippen molar-refractivity contribution in [2.24, 2.45) is 4.99 Å². The van der Waals surface area contributed by atoms with Crippen LogP contribution in [0.15, 0.2) is 66.2 Å². The fourth-order valence-corrected chi connectivity index (χ4v) is 3.21. The van der Waals surface area contributed by atoms with E-state index in [0.29, 0.717) is 13.1 Å². The number of aromatic hydroxyl groups is 1. The van der Waals surface area contributed by atoms with Gasteiger partial charge in [0, 0.05) is 44.9 Å². The number of guanidine groups is 1. The molecule has 8 nitrogen and oxygen atoms in total. The summed E-state index contributed by atoms with van der Waals surface area (Å²) in [4.78, 5) is 19.4. The van der Waals surface area contributed by atoms with E-state index >= 15 is 0 Å². The van der Waals surface area contributed by atoms with E-state index in [4.69, 9.17) is 4.99 Å². The Bertz CT molecular complexity index is 874. The summed E-state index contributed by atoms with van der Waals surface area (Å²) in [5, 5.41) is 24.1. The van der Waals surface area contributed by atoms with E-state index in [1.165, 1.54) is 12.1 Å². The van der Waals surface area contributed by atoms with Gasteiger partial charge in [-0.25, -0.2) is 4.99 Å². The van der Waals surface area contributed by atoms with Crippen LogP contribution >= 0.6 is 0 Å². The van der Waals surface area contributed by atoms with Gasteiger partial charge in [0.1, 0.15) is 5.75 Å². The molecule has 0 saturated carbocycles. The quantitative estimate of drug-likeness (QED) is 0.257. The number of para-hydroxylation sites is 2. The molecule has 1 fully saturated rings. The summed E-state index contributed by atoms with van der Waals surface area (Å²) in [6.45, 7) is 7.83. The molecule has 0 atom stereocenters. The highest BCUT2D eigenvalue weighted by atomic mass is 16.6. The zero-order valence-electron chi connectivity index (χ0n) is 16.2. The average molecular weight is 395 g/mol. The van der Waals surface area contributed by atoms with Crippen molar-refractivity contribution in [3.63, 3.8) is 0 Å². The van der Waals surface area contributed by atoms with Gasteiger partial charge < -0.3 is 20.2 Å². The van der Waals surface area contributed by atoms with Crippen LogP contribution in [0.1, 0.15) is 5.56 Å². The minimum Gasteiger partial charge on any atom is -0.506 e. The molecule has 1 saturated heterocycles. The molecule has 0 aromatic heterocycles. The number of non-ortho nitro benzene ring substituents is 1. The molecule has 1 aliphatic heterocycles. The van der Waals surface area contributed by atoms with Gasteiger partial charge in [-0.3, -0.25) is 10.1 Å². The lowest BCUT2D eigenvalue weighted by atomic mass is 10.2. The third kappa shape index (κ3) is 5.25. The lowest BCUT2D eigenvalue weighted by molar-refractivity contribution is -0.384. The molecule has 1 heterocycles. The molecule has 2 aromatic carbocycles. The molecule has 0 amide bonds. The molecule has 2 N–H and O–H groups in total. The van der Waals surface area contributed by atoms with Crippen LogP contribution in [0.4, 0.5) is 11.4 Å². The number of piperazine rings is 1. The van der Waals surface area contributed by atoms with E-state index in [2.05, 4.69) is 21.7 Å². The number of anilines is 1. The van der Waals surface area contributed by atoms with Crippen LogP contribution in [0.2, 0.25) is 0 Å². The fraction of sp³-hybridized carbons (Fsp3) is 0.286. The third-order valence-electron chi connectivity index (χ3n) is 4.76. The number of nitrogens with one attached hydrogen (secondary N) is 1. The molecule has 3 rings (SSSR count). The highest BCUT2D eigenvalue weighted by molar-refractivity contribution is 5.80. The molecule has 2 aromatic rings. The molecule has 29 heavy (non-hydrogen) atoms. The molecule has 0 spiro atoms. The predicted molar refractivity (Wildman–Crippen MR) is 114 cm³/mol. The van der Waals surface area contributed by atoms with Gasteiger partial charge in [-0.1, -0.05) is 30.3 Å². The van der Waals surface area contributed by atoms with Gasteiger partial charge >= 0.3 is 0 Å². The van der Waals surface area contributed by atoms with E-state index in [1.54, 1.807) is 24.3 Å². The summed E-state index contributed by atoms with van der Waals surface area (Å²) in [5.74, 6) is 1.07. The fourth-order valence-electron chi connectivity index (χ4n) is 3.21. The number of hydrogen-bond donors (Lipinski definition) is 2. The van der Waals surface area contributed by atoms with Crippen LogP contribution in [0.25, 0.3) is 0 Å². The Balaban J connectivity index is 1.65. The van der Waals surface area contributed by atoms with Crippen LogP contribution in [-0.2, 0) is 6.54 Å². The molecule has 1 aliphatic rings. The summed E-state index contributed by atoms with van der Waals surface area (Å²) >= 11 is 0. The maximum atomic E-state index is 10.8. The Hall–Kier alpha value is -3.55. The van der Waals surface area contributed by atoms with Gasteiger partial charge in [-0.2, -0.15) is 0 Å². The topological polar surface area (TPSA) is 94.2 Å². The first kappa shape index (κ1) is 20.2. The van der Waals surface area contributed by atoms with Crippen molar-refractivity contribution >= 4 is 17.3 Å². The number of phenolic OH excluding ortho intramolecular Hbond substituents is 1. The molecule has 0 bridgehead atoms. The van der Waals surface area contributed by atoms with Crippen LogP contribution in [-0.4, -0.2) is 53.6 Å². The molecule has 152 valence electrons. The van der Waals surface area contributed by atoms with Crippen molar-refractivity contribution in [3.05, 3.63) is 76.9 Å². The smallest absolute Gasteiger partial charge is 0.269 e. The second-order valence-electron chi connectivity index (χ2n) is 6.70. The minimum absolute atomic E-state index is 0.0722. The average Bonchev–Trinajstić information content (AvgIpc) is 2.75. The van der Waals surface area contributed by atoms with Crippen LogP contribution in [0, 0.1) is 10.1 Å². The number of hydrogen-bond acceptors (Lipinski definition) is 5. The van der Waals surface area contributed by atoms with Gasteiger partial charge in [0.05, 0.1) is 17.2 Å². The number of nitro benzene ring substituents is 1. The number of benzene rings is 2. The second kappa shape index (κ2) is 9.59. The number of aliphatic imine (C=N–C) groups is 1. The number of rotatable bonds is 6.